The highest BCUT2D eigenvalue weighted by Crippen LogP contribution is 2.23. The maximum absolute atomic E-state index is 12.3. The second kappa shape index (κ2) is 6.64. The molecule has 4 heteroatoms. The summed E-state index contributed by atoms with van der Waals surface area (Å²) in [5.74, 6) is -0.184. The highest BCUT2D eigenvalue weighted by Gasteiger charge is 2.22. The molecular formula is C16H17ClN2O. The highest BCUT2D eigenvalue weighted by molar-refractivity contribution is 6.31. The van der Waals surface area contributed by atoms with Gasteiger partial charge in [-0.15, -0.1) is 0 Å². The summed E-state index contributed by atoms with van der Waals surface area (Å²) in [5.41, 5.74) is 7.92. The number of pyridine rings is 1. The molecule has 0 aliphatic heterocycles. The molecule has 2 N–H and O–H groups in total. The number of nitrogens with zero attached hydrogens (tertiary/aromatic N) is 1. The number of ketones is 1. The fourth-order valence-corrected chi connectivity index (χ4v) is 2.25. The summed E-state index contributed by atoms with van der Waals surface area (Å²) in [6.45, 7) is 1.86. The summed E-state index contributed by atoms with van der Waals surface area (Å²) in [6, 6.07) is 11.1. The minimum atomic E-state index is -0.302. The molecule has 3 nitrogen and oxygen atoms in total. The summed E-state index contributed by atoms with van der Waals surface area (Å²) < 4.78 is 0. The van der Waals surface area contributed by atoms with Crippen LogP contribution in [0.2, 0.25) is 5.02 Å². The number of carbonyl (C=O) groups excluding carboxylic acids is 1. The van der Waals surface area contributed by atoms with Crippen LogP contribution in [0.25, 0.3) is 0 Å². The molecule has 20 heavy (non-hydrogen) atoms. The number of halogens is 1. The van der Waals surface area contributed by atoms with Crippen molar-refractivity contribution in [2.45, 2.75) is 19.4 Å². The van der Waals surface area contributed by atoms with E-state index < -0.39 is 0 Å². The first kappa shape index (κ1) is 14.7. The first-order valence-corrected chi connectivity index (χ1v) is 6.89. The molecule has 0 aliphatic carbocycles. The number of nitrogens with two attached hydrogens (primary N) is 1. The Morgan fingerprint density at radius 3 is 2.65 bits per heavy atom. The largest absolute Gasteiger partial charge is 0.323 e. The van der Waals surface area contributed by atoms with Crippen LogP contribution in [0.15, 0.2) is 48.8 Å². The van der Waals surface area contributed by atoms with Crippen LogP contribution < -0.4 is 5.73 Å². The summed E-state index contributed by atoms with van der Waals surface area (Å²) >= 11 is 6.02. The van der Waals surface area contributed by atoms with Crippen LogP contribution in [0.1, 0.15) is 24.1 Å². The van der Waals surface area contributed by atoms with Gasteiger partial charge in [0.05, 0.1) is 5.02 Å². The van der Waals surface area contributed by atoms with E-state index in [1.807, 2.05) is 37.3 Å². The van der Waals surface area contributed by atoms with Crippen molar-refractivity contribution < 1.29 is 4.79 Å². The molecule has 0 bridgehead atoms. The molecule has 2 atom stereocenters. The Morgan fingerprint density at radius 2 is 2.00 bits per heavy atom. The Hall–Kier alpha value is -1.71. The van der Waals surface area contributed by atoms with E-state index in [1.54, 1.807) is 18.5 Å². The van der Waals surface area contributed by atoms with E-state index in [9.17, 15) is 4.79 Å². The fourth-order valence-electron chi connectivity index (χ4n) is 2.06. The van der Waals surface area contributed by atoms with Gasteiger partial charge in [-0.05, 0) is 17.2 Å². The lowest BCUT2D eigenvalue weighted by Crippen LogP contribution is -2.27. The molecule has 0 amide bonds. The maximum atomic E-state index is 12.3. The van der Waals surface area contributed by atoms with Crippen LogP contribution in [-0.2, 0) is 11.2 Å². The van der Waals surface area contributed by atoms with Crippen molar-refractivity contribution in [3.8, 4) is 0 Å². The molecule has 104 valence electrons. The minimum Gasteiger partial charge on any atom is -0.323 e. The first-order valence-electron chi connectivity index (χ1n) is 6.51. The van der Waals surface area contributed by atoms with E-state index >= 15 is 0 Å². The normalized spacial score (nSPS) is 13.8. The molecule has 0 saturated heterocycles. The standard InChI is InChI=1S/C16H17ClN2O/c1-11(16(18)12-5-3-2-4-6-12)15(20)9-13-7-8-19-10-14(13)17/h2-8,10-11,16H,9,18H2,1H3. The lowest BCUT2D eigenvalue weighted by molar-refractivity contribution is -0.122. The van der Waals surface area contributed by atoms with Crippen molar-refractivity contribution in [1.82, 2.24) is 4.98 Å². The van der Waals surface area contributed by atoms with Gasteiger partial charge in [0.25, 0.3) is 0 Å². The summed E-state index contributed by atoms with van der Waals surface area (Å²) in [7, 11) is 0. The maximum Gasteiger partial charge on any atom is 0.142 e. The van der Waals surface area contributed by atoms with E-state index in [4.69, 9.17) is 17.3 Å². The van der Waals surface area contributed by atoms with Gasteiger partial charge >= 0.3 is 0 Å². The summed E-state index contributed by atoms with van der Waals surface area (Å²) in [5, 5.41) is 0.515. The van der Waals surface area contributed by atoms with E-state index in [-0.39, 0.29) is 24.2 Å². The molecule has 2 rings (SSSR count). The lowest BCUT2D eigenvalue weighted by atomic mass is 9.89. The summed E-state index contributed by atoms with van der Waals surface area (Å²) in [4.78, 5) is 16.2. The van der Waals surface area contributed by atoms with Crippen molar-refractivity contribution in [3.05, 3.63) is 64.9 Å². The van der Waals surface area contributed by atoms with Gasteiger partial charge in [0.2, 0.25) is 0 Å². The second-order valence-corrected chi connectivity index (χ2v) is 5.24. The quantitative estimate of drug-likeness (QED) is 0.919. The van der Waals surface area contributed by atoms with Crippen molar-refractivity contribution in [2.24, 2.45) is 11.7 Å². The predicted octanol–water partition coefficient (Wildman–Crippen LogP) is 3.18. The van der Waals surface area contributed by atoms with Crippen LogP contribution in [0, 0.1) is 5.92 Å². The molecule has 0 saturated carbocycles. The molecule has 2 unspecified atom stereocenters. The topological polar surface area (TPSA) is 56.0 Å². The van der Waals surface area contributed by atoms with Crippen molar-refractivity contribution >= 4 is 17.4 Å². The average molecular weight is 289 g/mol. The van der Waals surface area contributed by atoms with Crippen molar-refractivity contribution in [2.75, 3.05) is 0 Å². The molecule has 1 aromatic carbocycles. The Bertz CT molecular complexity index is 586. The Balaban J connectivity index is 2.08. The van der Waals surface area contributed by atoms with Gasteiger partial charge in [-0.1, -0.05) is 48.9 Å². The van der Waals surface area contributed by atoms with E-state index in [2.05, 4.69) is 4.98 Å². The van der Waals surface area contributed by atoms with Crippen molar-refractivity contribution in [3.63, 3.8) is 0 Å². The van der Waals surface area contributed by atoms with Gasteiger partial charge in [0.15, 0.2) is 0 Å². The number of Topliss-reactive ketones (excluding diaryl/α,β-unsaturated/α-hetero) is 1. The smallest absolute Gasteiger partial charge is 0.142 e. The van der Waals surface area contributed by atoms with Gasteiger partial charge in [-0.2, -0.15) is 0 Å². The zero-order valence-electron chi connectivity index (χ0n) is 11.3. The molecule has 0 fully saturated rings. The van der Waals surface area contributed by atoms with Crippen LogP contribution >= 0.6 is 11.6 Å². The average Bonchev–Trinajstić information content (AvgIpc) is 2.49. The molecule has 2 aromatic rings. The zero-order valence-corrected chi connectivity index (χ0v) is 12.0. The summed E-state index contributed by atoms with van der Waals surface area (Å²) in [6.07, 6.45) is 3.46. The predicted molar refractivity (Wildman–Crippen MR) is 80.5 cm³/mol. The Morgan fingerprint density at radius 1 is 1.30 bits per heavy atom. The Labute approximate surface area is 123 Å². The van der Waals surface area contributed by atoms with Crippen LogP contribution in [0.5, 0.6) is 0 Å². The number of carbonyl (C=O) groups is 1. The van der Waals surface area contributed by atoms with E-state index in [1.165, 1.54) is 0 Å². The molecule has 1 heterocycles. The fraction of sp³-hybridized carbons (Fsp3) is 0.250. The van der Waals surface area contributed by atoms with Gasteiger partial charge in [-0.3, -0.25) is 9.78 Å². The van der Waals surface area contributed by atoms with Crippen LogP contribution in [-0.4, -0.2) is 10.8 Å². The highest BCUT2D eigenvalue weighted by atomic mass is 35.5. The second-order valence-electron chi connectivity index (χ2n) is 4.84. The molecule has 0 radical (unpaired) electrons. The Kier molecular flexibility index (Phi) is 4.88. The monoisotopic (exact) mass is 288 g/mol. The van der Waals surface area contributed by atoms with Gasteiger partial charge < -0.3 is 5.73 Å². The minimum absolute atomic E-state index is 0.0782. The number of rotatable bonds is 5. The van der Waals surface area contributed by atoms with Gasteiger partial charge in [-0.25, -0.2) is 0 Å². The van der Waals surface area contributed by atoms with Crippen LogP contribution in [0.3, 0.4) is 0 Å². The number of hydrogen-bond acceptors (Lipinski definition) is 3. The third-order valence-electron chi connectivity index (χ3n) is 3.45. The first-order chi connectivity index (χ1) is 9.59. The molecule has 0 aliphatic rings. The zero-order chi connectivity index (χ0) is 14.5. The third-order valence-corrected chi connectivity index (χ3v) is 3.79. The molecular weight excluding hydrogens is 272 g/mol. The number of benzene rings is 1. The molecule has 1 aromatic heterocycles. The number of hydrogen-bond donors (Lipinski definition) is 1. The third kappa shape index (κ3) is 3.44. The number of aromatic nitrogens is 1. The SMILES string of the molecule is CC(C(=O)Cc1ccncc1Cl)C(N)c1ccccc1. The van der Waals surface area contributed by atoms with Crippen molar-refractivity contribution in [1.29, 1.82) is 0 Å². The molecule has 0 spiro atoms. The van der Waals surface area contributed by atoms with Gasteiger partial charge in [0, 0.05) is 30.8 Å². The van der Waals surface area contributed by atoms with Crippen LogP contribution in [0.4, 0.5) is 0 Å². The van der Waals surface area contributed by atoms with E-state index in [0.717, 1.165) is 11.1 Å². The van der Waals surface area contributed by atoms with Gasteiger partial charge in [0.1, 0.15) is 5.78 Å². The lowest BCUT2D eigenvalue weighted by Gasteiger charge is -2.19. The van der Waals surface area contributed by atoms with E-state index in [0.29, 0.717) is 5.02 Å².